The van der Waals surface area contributed by atoms with E-state index in [1.807, 2.05) is 6.92 Å². The van der Waals surface area contributed by atoms with Crippen molar-refractivity contribution in [2.45, 2.75) is 13.3 Å². The molecule has 3 aromatic heterocycles. The normalized spacial score (nSPS) is 11.1. The van der Waals surface area contributed by atoms with Crippen molar-refractivity contribution < 1.29 is 9.21 Å². The summed E-state index contributed by atoms with van der Waals surface area (Å²) in [6.07, 6.45) is 1.96. The number of aromatic nitrogens is 4. The second-order valence-electron chi connectivity index (χ2n) is 5.63. The minimum absolute atomic E-state index is 0.117. The van der Waals surface area contributed by atoms with Crippen molar-refractivity contribution in [3.8, 4) is 0 Å². The largest absolute Gasteiger partial charge is 0.441 e. The molecule has 0 unspecified atom stereocenters. The van der Waals surface area contributed by atoms with Crippen LogP contribution in [0.25, 0.3) is 22.1 Å². The van der Waals surface area contributed by atoms with Gasteiger partial charge in [0.1, 0.15) is 11.2 Å². The van der Waals surface area contributed by atoms with Crippen LogP contribution in [0.2, 0.25) is 0 Å². The van der Waals surface area contributed by atoms with Gasteiger partial charge in [0.05, 0.1) is 10.9 Å². The number of amides is 1. The number of anilines is 1. The van der Waals surface area contributed by atoms with Crippen LogP contribution in [0.5, 0.6) is 0 Å². The summed E-state index contributed by atoms with van der Waals surface area (Å²) in [4.78, 5) is 48.3. The molecule has 0 aliphatic heterocycles. The van der Waals surface area contributed by atoms with Crippen LogP contribution < -0.4 is 16.6 Å². The Morgan fingerprint density at radius 1 is 1.23 bits per heavy atom. The summed E-state index contributed by atoms with van der Waals surface area (Å²) in [5.74, 6) is 0.180. The molecule has 3 heterocycles. The van der Waals surface area contributed by atoms with Gasteiger partial charge in [-0.15, -0.1) is 0 Å². The van der Waals surface area contributed by atoms with E-state index in [1.165, 1.54) is 12.3 Å². The third kappa shape index (κ3) is 2.75. The molecule has 0 bridgehead atoms. The van der Waals surface area contributed by atoms with Gasteiger partial charge in [-0.2, -0.15) is 0 Å². The lowest BCUT2D eigenvalue weighted by Crippen LogP contribution is -2.23. The molecule has 130 valence electrons. The molecule has 0 atom stereocenters. The third-order valence-corrected chi connectivity index (χ3v) is 3.85. The number of nitrogens with one attached hydrogen (secondary N) is 3. The molecule has 0 radical (unpaired) electrons. The van der Waals surface area contributed by atoms with Crippen LogP contribution in [0, 0.1) is 0 Å². The number of benzene rings is 1. The molecule has 0 saturated heterocycles. The second kappa shape index (κ2) is 5.96. The van der Waals surface area contributed by atoms with Crippen molar-refractivity contribution in [2.75, 3.05) is 5.32 Å². The minimum atomic E-state index is -0.653. The highest BCUT2D eigenvalue weighted by Gasteiger charge is 2.12. The summed E-state index contributed by atoms with van der Waals surface area (Å²) in [7, 11) is 0. The summed E-state index contributed by atoms with van der Waals surface area (Å²) in [5, 5.41) is 2.85. The van der Waals surface area contributed by atoms with Crippen LogP contribution in [-0.2, 0) is 6.42 Å². The van der Waals surface area contributed by atoms with Crippen LogP contribution in [0.1, 0.15) is 23.2 Å². The summed E-state index contributed by atoms with van der Waals surface area (Å²) in [5.41, 5.74) is 0.861. The number of pyridine rings is 1. The van der Waals surface area contributed by atoms with Gasteiger partial charge in [-0.3, -0.25) is 19.6 Å². The zero-order chi connectivity index (χ0) is 18.3. The predicted octanol–water partition coefficient (Wildman–Crippen LogP) is 1.57. The van der Waals surface area contributed by atoms with E-state index in [0.29, 0.717) is 29.1 Å². The Labute approximate surface area is 145 Å². The number of oxazole rings is 1. The zero-order valence-corrected chi connectivity index (χ0v) is 13.6. The van der Waals surface area contributed by atoms with Crippen molar-refractivity contribution in [3.05, 3.63) is 62.8 Å². The topological polar surface area (TPSA) is 134 Å². The first kappa shape index (κ1) is 15.8. The van der Waals surface area contributed by atoms with E-state index >= 15 is 0 Å². The number of hydrogen-bond donors (Lipinski definition) is 3. The van der Waals surface area contributed by atoms with E-state index in [0.717, 1.165) is 0 Å². The van der Waals surface area contributed by atoms with Gasteiger partial charge in [-0.05, 0) is 24.3 Å². The molecule has 1 aromatic carbocycles. The Morgan fingerprint density at radius 3 is 2.88 bits per heavy atom. The maximum atomic E-state index is 12.5. The zero-order valence-electron chi connectivity index (χ0n) is 13.6. The van der Waals surface area contributed by atoms with E-state index < -0.39 is 17.2 Å². The minimum Gasteiger partial charge on any atom is -0.441 e. The SMILES string of the molecule is CCc1nc2cc(NC(=O)c3cnc4[nH]c(=O)[nH]c(=O)c4c3)ccc2o1. The Kier molecular flexibility index (Phi) is 3.61. The third-order valence-electron chi connectivity index (χ3n) is 3.85. The second-order valence-corrected chi connectivity index (χ2v) is 5.63. The standard InChI is InChI=1S/C17H13N5O4/c1-2-13-20-11-6-9(3-4-12(11)26-13)19-15(23)8-5-10-14(18-7-8)21-17(25)22-16(10)24/h3-7H,2H2,1H3,(H,19,23)(H2,18,21,22,24,25). The number of nitrogens with zero attached hydrogens (tertiary/aromatic N) is 2. The Balaban J connectivity index is 1.66. The van der Waals surface area contributed by atoms with Gasteiger partial charge in [0, 0.05) is 18.3 Å². The highest BCUT2D eigenvalue weighted by molar-refractivity contribution is 6.06. The van der Waals surface area contributed by atoms with Gasteiger partial charge >= 0.3 is 5.69 Å². The molecule has 0 aliphatic carbocycles. The van der Waals surface area contributed by atoms with Crippen LogP contribution in [0.15, 0.2) is 44.5 Å². The Hall–Kier alpha value is -3.75. The number of aromatic amines is 2. The van der Waals surface area contributed by atoms with Gasteiger partial charge in [0.15, 0.2) is 11.5 Å². The Morgan fingerprint density at radius 2 is 2.08 bits per heavy atom. The fourth-order valence-corrected chi connectivity index (χ4v) is 2.58. The van der Waals surface area contributed by atoms with Gasteiger partial charge in [0.25, 0.3) is 11.5 Å². The molecule has 0 saturated carbocycles. The predicted molar refractivity (Wildman–Crippen MR) is 94.3 cm³/mol. The lowest BCUT2D eigenvalue weighted by Gasteiger charge is -2.05. The van der Waals surface area contributed by atoms with E-state index in [1.54, 1.807) is 18.2 Å². The molecule has 4 aromatic rings. The summed E-state index contributed by atoms with van der Waals surface area (Å²) < 4.78 is 5.53. The van der Waals surface area contributed by atoms with Crippen molar-refractivity contribution >= 4 is 33.7 Å². The number of carbonyl (C=O) groups excluding carboxylic acids is 1. The number of H-pyrrole nitrogens is 2. The first-order valence-corrected chi connectivity index (χ1v) is 7.86. The number of carbonyl (C=O) groups is 1. The van der Waals surface area contributed by atoms with E-state index in [-0.39, 0.29) is 16.6 Å². The number of aryl methyl sites for hydroxylation is 1. The van der Waals surface area contributed by atoms with Crippen molar-refractivity contribution in [1.29, 1.82) is 0 Å². The van der Waals surface area contributed by atoms with Crippen LogP contribution >= 0.6 is 0 Å². The molecule has 1 amide bonds. The average molecular weight is 351 g/mol. The monoisotopic (exact) mass is 351 g/mol. The molecular formula is C17H13N5O4. The van der Waals surface area contributed by atoms with Gasteiger partial charge in [0.2, 0.25) is 0 Å². The molecular weight excluding hydrogens is 338 g/mol. The quantitative estimate of drug-likeness (QED) is 0.513. The molecule has 26 heavy (non-hydrogen) atoms. The first-order chi connectivity index (χ1) is 12.5. The van der Waals surface area contributed by atoms with E-state index in [9.17, 15) is 14.4 Å². The highest BCUT2D eigenvalue weighted by Crippen LogP contribution is 2.21. The number of rotatable bonds is 3. The van der Waals surface area contributed by atoms with Crippen LogP contribution in [0.3, 0.4) is 0 Å². The fraction of sp³-hybridized carbons (Fsp3) is 0.118. The summed E-state index contributed by atoms with van der Waals surface area (Å²) >= 11 is 0. The van der Waals surface area contributed by atoms with E-state index in [4.69, 9.17) is 4.42 Å². The average Bonchev–Trinajstić information content (AvgIpc) is 3.03. The molecule has 0 aliphatic rings. The Bertz CT molecular complexity index is 1270. The lowest BCUT2D eigenvalue weighted by atomic mass is 10.2. The maximum Gasteiger partial charge on any atom is 0.327 e. The number of fused-ring (bicyclic) bond motifs is 2. The molecule has 3 N–H and O–H groups in total. The molecule has 9 heteroatoms. The van der Waals surface area contributed by atoms with Crippen LogP contribution in [-0.4, -0.2) is 25.8 Å². The van der Waals surface area contributed by atoms with Crippen LogP contribution in [0.4, 0.5) is 5.69 Å². The fourth-order valence-electron chi connectivity index (χ4n) is 2.58. The van der Waals surface area contributed by atoms with Gasteiger partial charge in [-0.1, -0.05) is 6.92 Å². The summed E-state index contributed by atoms with van der Waals surface area (Å²) in [6, 6.07) is 6.50. The lowest BCUT2D eigenvalue weighted by molar-refractivity contribution is 0.102. The number of hydrogen-bond acceptors (Lipinski definition) is 6. The molecule has 4 rings (SSSR count). The van der Waals surface area contributed by atoms with Gasteiger partial charge in [-0.25, -0.2) is 14.8 Å². The molecule has 0 spiro atoms. The van der Waals surface area contributed by atoms with Gasteiger partial charge < -0.3 is 9.73 Å². The highest BCUT2D eigenvalue weighted by atomic mass is 16.3. The van der Waals surface area contributed by atoms with Crippen molar-refractivity contribution in [2.24, 2.45) is 0 Å². The maximum absolute atomic E-state index is 12.5. The first-order valence-electron chi connectivity index (χ1n) is 7.86. The van der Waals surface area contributed by atoms with Crippen molar-refractivity contribution in [3.63, 3.8) is 0 Å². The smallest absolute Gasteiger partial charge is 0.327 e. The molecule has 0 fully saturated rings. The van der Waals surface area contributed by atoms with E-state index in [2.05, 4.69) is 25.3 Å². The van der Waals surface area contributed by atoms with Crippen molar-refractivity contribution in [1.82, 2.24) is 19.9 Å². The summed E-state index contributed by atoms with van der Waals surface area (Å²) in [6.45, 7) is 1.94. The molecule has 9 nitrogen and oxygen atoms in total.